The number of carbonyl (C=O) groups excluding carboxylic acids is 1. The Hall–Kier alpha value is -3.50. The van der Waals surface area contributed by atoms with Gasteiger partial charge in [0.1, 0.15) is 20.9 Å². The van der Waals surface area contributed by atoms with Crippen molar-refractivity contribution in [1.82, 2.24) is 9.88 Å². The van der Waals surface area contributed by atoms with E-state index in [1.165, 1.54) is 15.9 Å². The highest BCUT2D eigenvalue weighted by molar-refractivity contribution is 8.04. The van der Waals surface area contributed by atoms with Crippen molar-refractivity contribution in [3.05, 3.63) is 127 Å². The van der Waals surface area contributed by atoms with E-state index in [0.29, 0.717) is 32.0 Å². The van der Waals surface area contributed by atoms with Gasteiger partial charge in [0.05, 0.1) is 28.1 Å². The fourth-order valence-corrected chi connectivity index (χ4v) is 11.5. The van der Waals surface area contributed by atoms with E-state index in [0.717, 1.165) is 15.2 Å². The van der Waals surface area contributed by atoms with Crippen LogP contribution in [-0.4, -0.2) is 46.8 Å². The number of nitrogens with zero attached hydrogens (tertiary/aromatic N) is 2. The largest absolute Gasteiger partial charge is 0.378 e. The second-order valence-corrected chi connectivity index (χ2v) is 14.9. The number of aromatic nitrogens is 1. The molecule has 1 aromatic heterocycles. The molecule has 2 heterocycles. The number of morpholine rings is 1. The molecule has 0 spiro atoms. The summed E-state index contributed by atoms with van der Waals surface area (Å²) in [4.78, 5) is 21.2. The predicted molar refractivity (Wildman–Crippen MR) is 161 cm³/mol. The normalized spacial score (nSPS) is 13.6. The first-order valence-corrected chi connectivity index (χ1v) is 17.3. The Morgan fingerprint density at radius 3 is 1.56 bits per heavy atom. The van der Waals surface area contributed by atoms with Crippen LogP contribution < -0.4 is 34.5 Å². The Labute approximate surface area is 256 Å². The lowest BCUT2D eigenvalue weighted by molar-refractivity contribution is -1.92. The number of hydrogen-bond acceptors (Lipinski definition) is 8. The van der Waals surface area contributed by atoms with Crippen LogP contribution in [-0.2, 0) is 4.74 Å². The van der Waals surface area contributed by atoms with Crippen LogP contribution in [0.4, 0.5) is 0 Å². The molecule has 8 nitrogen and oxygen atoms in total. The molecule has 1 aliphatic heterocycles. The van der Waals surface area contributed by atoms with Crippen LogP contribution in [0.15, 0.2) is 121 Å². The summed E-state index contributed by atoms with van der Waals surface area (Å²) >= 11 is 1.66. The highest BCUT2D eigenvalue weighted by Gasteiger charge is 2.52. The zero-order chi connectivity index (χ0) is 30.3. The van der Waals surface area contributed by atoms with Gasteiger partial charge in [-0.25, -0.2) is 4.98 Å². The number of hydrogen-bond donors (Lipinski definition) is 1. The van der Waals surface area contributed by atoms with Gasteiger partial charge in [0.2, 0.25) is 0 Å². The number of rotatable bonds is 6. The molecule has 0 saturated carbocycles. The van der Waals surface area contributed by atoms with Gasteiger partial charge in [-0.1, -0.05) is 96.3 Å². The van der Waals surface area contributed by atoms with Crippen LogP contribution in [0, 0.1) is 10.2 Å². The van der Waals surface area contributed by atoms with Crippen molar-refractivity contribution >= 4 is 45.0 Å². The van der Waals surface area contributed by atoms with E-state index in [2.05, 4.69) is 103 Å². The summed E-state index contributed by atoms with van der Waals surface area (Å²) in [6.07, 6.45) is 0. The first kappa shape index (κ1) is 30.9. The Morgan fingerprint density at radius 2 is 1.14 bits per heavy atom. The van der Waals surface area contributed by atoms with E-state index in [-0.39, 0.29) is 5.91 Å². The molecule has 1 aliphatic rings. The smallest absolute Gasteiger partial charge is 0.277 e. The lowest BCUT2D eigenvalue weighted by Gasteiger charge is -2.29. The molecule has 0 bridgehead atoms. The van der Waals surface area contributed by atoms with Gasteiger partial charge in [-0.2, -0.15) is 14.0 Å². The third kappa shape index (κ3) is 7.18. The molecule has 0 atom stereocenters. The topological polar surface area (TPSA) is 132 Å². The summed E-state index contributed by atoms with van der Waals surface area (Å²) in [5, 5.41) is 4.48. The van der Waals surface area contributed by atoms with Crippen molar-refractivity contribution in [2.24, 2.45) is 0 Å². The average Bonchev–Trinajstić information content (AvgIpc) is 3.48. The standard InChI is InChI=1S/C32H28N2O2PS.ClHO4/c35-31(34-21-23-36-24-22-34)29-32(38-30(33-29)25-13-5-1-6-14-25)37(26-15-7-2-8-16-26,27-17-9-3-10-18-27)28-19-11-4-12-20-28;2-1(3,4)5/h1-20H,21-24H2;(H,2,3,4,5)/q+1;. The lowest BCUT2D eigenvalue weighted by atomic mass is 10.2. The fourth-order valence-electron chi connectivity index (χ4n) is 5.05. The van der Waals surface area contributed by atoms with Crippen LogP contribution in [0.2, 0.25) is 0 Å². The number of amides is 1. The summed E-state index contributed by atoms with van der Waals surface area (Å²) in [6, 6.07) is 42.2. The van der Waals surface area contributed by atoms with Gasteiger partial charge >= 0.3 is 0 Å². The van der Waals surface area contributed by atoms with Gasteiger partial charge in [-0.15, -0.1) is 0 Å². The van der Waals surface area contributed by atoms with Crippen LogP contribution in [0.3, 0.4) is 0 Å². The first-order valence-electron chi connectivity index (χ1n) is 13.4. The van der Waals surface area contributed by atoms with E-state index in [4.69, 9.17) is 28.4 Å². The van der Waals surface area contributed by atoms with E-state index in [1.54, 1.807) is 11.3 Å². The molecule has 43 heavy (non-hydrogen) atoms. The minimum atomic E-state index is -4.69. The van der Waals surface area contributed by atoms with Crippen LogP contribution >= 0.6 is 18.6 Å². The van der Waals surface area contributed by atoms with Crippen molar-refractivity contribution < 1.29 is 38.4 Å². The molecule has 1 fully saturated rings. The minimum absolute atomic E-state index is 0.0195. The molecule has 5 aromatic rings. The van der Waals surface area contributed by atoms with Crippen LogP contribution in [0.25, 0.3) is 10.6 Å². The van der Waals surface area contributed by atoms with Gasteiger partial charge in [0.15, 0.2) is 17.6 Å². The van der Waals surface area contributed by atoms with Crippen LogP contribution in [0.1, 0.15) is 10.5 Å². The lowest BCUT2D eigenvalue weighted by Crippen LogP contribution is -2.58. The maximum atomic E-state index is 14.2. The second-order valence-electron chi connectivity index (χ2n) is 9.52. The molecular formula is C32H29ClN2O6PS+. The zero-order valence-electron chi connectivity index (χ0n) is 23.0. The summed E-state index contributed by atoms with van der Waals surface area (Å²) in [5.74, 6) is -0.0195. The summed E-state index contributed by atoms with van der Waals surface area (Å²) in [5.41, 5.74) is 1.58. The molecule has 1 N–H and O–H groups in total. The van der Waals surface area contributed by atoms with E-state index < -0.39 is 17.5 Å². The van der Waals surface area contributed by atoms with Gasteiger partial charge in [0, 0.05) is 18.7 Å². The SMILES string of the molecule is O=C(c1nc(-c2ccccc2)sc1[P+](c1ccccc1)(c1ccccc1)c1ccccc1)N1CCOCC1.[O-][Cl+3]([O-])([O-])O. The van der Waals surface area contributed by atoms with Gasteiger partial charge in [0.25, 0.3) is 5.91 Å². The van der Waals surface area contributed by atoms with E-state index in [9.17, 15) is 4.79 Å². The third-order valence-corrected chi connectivity index (χ3v) is 12.9. The maximum Gasteiger partial charge on any atom is 0.277 e. The highest BCUT2D eigenvalue weighted by Crippen LogP contribution is 2.56. The van der Waals surface area contributed by atoms with E-state index >= 15 is 0 Å². The predicted octanol–water partition coefficient (Wildman–Crippen LogP) is 0.778. The van der Waals surface area contributed by atoms with Crippen molar-refractivity contribution in [2.45, 2.75) is 0 Å². The Kier molecular flexibility index (Phi) is 9.97. The van der Waals surface area contributed by atoms with Gasteiger partial charge in [-0.05, 0) is 36.4 Å². The molecule has 220 valence electrons. The maximum absolute atomic E-state index is 14.2. The number of benzene rings is 4. The molecule has 0 radical (unpaired) electrons. The first-order chi connectivity index (χ1) is 20.8. The molecular weight excluding hydrogens is 607 g/mol. The van der Waals surface area contributed by atoms with Crippen molar-refractivity contribution in [3.63, 3.8) is 0 Å². The van der Waals surface area contributed by atoms with E-state index in [1.807, 2.05) is 23.1 Å². The van der Waals surface area contributed by atoms with Gasteiger partial charge in [-0.3, -0.25) is 4.79 Å². The Morgan fingerprint density at radius 1 is 0.744 bits per heavy atom. The Bertz CT molecular complexity index is 1510. The molecule has 4 aromatic carbocycles. The monoisotopic (exact) mass is 635 g/mol. The van der Waals surface area contributed by atoms with Crippen LogP contribution in [0.5, 0.6) is 0 Å². The summed E-state index contributed by atoms with van der Waals surface area (Å²) in [7, 11) is -7.17. The third-order valence-electron chi connectivity index (χ3n) is 6.87. The molecule has 6 rings (SSSR count). The number of carbonyl (C=O) groups is 1. The molecule has 1 amide bonds. The average molecular weight is 636 g/mol. The van der Waals surface area contributed by atoms with Crippen molar-refractivity contribution in [2.75, 3.05) is 26.3 Å². The van der Waals surface area contributed by atoms with Gasteiger partial charge < -0.3 is 9.64 Å². The minimum Gasteiger partial charge on any atom is -0.378 e. The van der Waals surface area contributed by atoms with Crippen molar-refractivity contribution in [1.29, 1.82) is 0 Å². The highest BCUT2D eigenvalue weighted by atomic mass is 35.7. The summed E-state index contributed by atoms with van der Waals surface area (Å²) < 4.78 is 39.3. The quantitative estimate of drug-likeness (QED) is 0.273. The number of thiazole rings is 1. The molecule has 0 aliphatic carbocycles. The van der Waals surface area contributed by atoms with Crippen molar-refractivity contribution in [3.8, 4) is 10.6 Å². The molecule has 0 unspecified atom stereocenters. The number of ether oxygens (including phenoxy) is 1. The fraction of sp³-hybridized carbons (Fsp3) is 0.125. The number of halogens is 1. The summed E-state index contributed by atoms with van der Waals surface area (Å²) in [6.45, 7) is 2.24. The second kappa shape index (κ2) is 13.9. The molecule has 1 saturated heterocycles. The Balaban J connectivity index is 0.000000682. The zero-order valence-corrected chi connectivity index (χ0v) is 25.5. The molecule has 11 heteroatoms.